The molecule has 0 amide bonds. The minimum atomic E-state index is 0.440. The van der Waals surface area contributed by atoms with Gasteiger partial charge in [-0.3, -0.25) is 0 Å². The Morgan fingerprint density at radius 2 is 2.00 bits per heavy atom. The third kappa shape index (κ3) is 2.63. The standard InChI is InChI=1S/C12H14N4O/c1-8-7-11(13)16-12(14-8)15-9-5-3-4-6-10(9)17-2/h3-7H,1-2H3,(H3,13,14,15,16). The average Bonchev–Trinajstić information content (AvgIpc) is 2.28. The maximum Gasteiger partial charge on any atom is 0.229 e. The van der Waals surface area contributed by atoms with Crippen molar-refractivity contribution in [3.05, 3.63) is 36.0 Å². The minimum absolute atomic E-state index is 0.440. The van der Waals surface area contributed by atoms with Crippen molar-refractivity contribution in [3.8, 4) is 5.75 Å². The Hall–Kier alpha value is -2.30. The number of para-hydroxylation sites is 2. The lowest BCUT2D eigenvalue weighted by molar-refractivity contribution is 0.417. The van der Waals surface area contributed by atoms with E-state index in [1.807, 2.05) is 31.2 Å². The first-order valence-corrected chi connectivity index (χ1v) is 5.20. The molecule has 88 valence electrons. The monoisotopic (exact) mass is 230 g/mol. The lowest BCUT2D eigenvalue weighted by Crippen LogP contribution is -2.02. The molecule has 5 heteroatoms. The quantitative estimate of drug-likeness (QED) is 0.844. The van der Waals surface area contributed by atoms with Crippen molar-refractivity contribution < 1.29 is 4.74 Å². The number of aryl methyl sites for hydroxylation is 1. The van der Waals surface area contributed by atoms with E-state index in [1.54, 1.807) is 13.2 Å². The van der Waals surface area contributed by atoms with Crippen LogP contribution in [0.2, 0.25) is 0 Å². The minimum Gasteiger partial charge on any atom is -0.495 e. The molecule has 0 saturated heterocycles. The van der Waals surface area contributed by atoms with Crippen LogP contribution in [0, 0.1) is 6.92 Å². The van der Waals surface area contributed by atoms with Crippen LogP contribution in [0.1, 0.15) is 5.69 Å². The van der Waals surface area contributed by atoms with E-state index < -0.39 is 0 Å². The van der Waals surface area contributed by atoms with Gasteiger partial charge in [-0.25, -0.2) is 4.98 Å². The number of aromatic nitrogens is 2. The van der Waals surface area contributed by atoms with Crippen molar-refractivity contribution in [2.45, 2.75) is 6.92 Å². The van der Waals surface area contributed by atoms with E-state index in [1.165, 1.54) is 0 Å². The second-order valence-corrected chi connectivity index (χ2v) is 3.58. The third-order valence-corrected chi connectivity index (χ3v) is 2.23. The maximum atomic E-state index is 5.66. The van der Waals surface area contributed by atoms with Crippen LogP contribution in [-0.2, 0) is 0 Å². The number of ether oxygens (including phenoxy) is 1. The molecule has 0 saturated carbocycles. The Morgan fingerprint density at radius 3 is 2.71 bits per heavy atom. The Balaban J connectivity index is 2.31. The second-order valence-electron chi connectivity index (χ2n) is 3.58. The highest BCUT2D eigenvalue weighted by molar-refractivity contribution is 5.62. The van der Waals surface area contributed by atoms with Crippen LogP contribution in [0.4, 0.5) is 17.5 Å². The molecular formula is C12H14N4O. The fourth-order valence-corrected chi connectivity index (χ4v) is 1.52. The number of hydrogen-bond donors (Lipinski definition) is 2. The SMILES string of the molecule is COc1ccccc1Nc1nc(C)cc(N)n1. The van der Waals surface area contributed by atoms with E-state index in [9.17, 15) is 0 Å². The van der Waals surface area contributed by atoms with Crippen molar-refractivity contribution in [3.63, 3.8) is 0 Å². The molecule has 0 fully saturated rings. The van der Waals surface area contributed by atoms with Crippen LogP contribution in [0.15, 0.2) is 30.3 Å². The van der Waals surface area contributed by atoms with Crippen LogP contribution < -0.4 is 15.8 Å². The van der Waals surface area contributed by atoms with E-state index in [-0.39, 0.29) is 0 Å². The molecule has 0 radical (unpaired) electrons. The summed E-state index contributed by atoms with van der Waals surface area (Å²) in [5, 5.41) is 3.08. The van der Waals surface area contributed by atoms with Crippen LogP contribution in [0.25, 0.3) is 0 Å². The van der Waals surface area contributed by atoms with Crippen molar-refractivity contribution in [2.24, 2.45) is 0 Å². The van der Waals surface area contributed by atoms with Crippen molar-refractivity contribution >= 4 is 17.5 Å². The highest BCUT2D eigenvalue weighted by atomic mass is 16.5. The molecule has 3 N–H and O–H groups in total. The highest BCUT2D eigenvalue weighted by Crippen LogP contribution is 2.25. The summed E-state index contributed by atoms with van der Waals surface area (Å²) in [4.78, 5) is 8.35. The Kier molecular flexibility index (Phi) is 3.09. The molecular weight excluding hydrogens is 216 g/mol. The summed E-state index contributed by atoms with van der Waals surface area (Å²) in [6.07, 6.45) is 0. The van der Waals surface area contributed by atoms with Gasteiger partial charge in [0.25, 0.3) is 0 Å². The summed E-state index contributed by atoms with van der Waals surface area (Å²) in [7, 11) is 1.62. The van der Waals surface area contributed by atoms with Crippen LogP contribution >= 0.6 is 0 Å². The zero-order valence-electron chi connectivity index (χ0n) is 9.77. The molecule has 0 aliphatic rings. The number of hydrogen-bond acceptors (Lipinski definition) is 5. The fourth-order valence-electron chi connectivity index (χ4n) is 1.52. The molecule has 17 heavy (non-hydrogen) atoms. The zero-order chi connectivity index (χ0) is 12.3. The first-order chi connectivity index (χ1) is 8.19. The molecule has 0 unspecified atom stereocenters. The van der Waals surface area contributed by atoms with Gasteiger partial charge < -0.3 is 15.8 Å². The number of benzene rings is 1. The lowest BCUT2D eigenvalue weighted by atomic mass is 10.3. The van der Waals surface area contributed by atoms with Gasteiger partial charge >= 0.3 is 0 Å². The predicted octanol–water partition coefficient (Wildman–Crippen LogP) is 2.12. The van der Waals surface area contributed by atoms with Crippen molar-refractivity contribution in [1.82, 2.24) is 9.97 Å². The normalized spacial score (nSPS) is 10.0. The first-order valence-electron chi connectivity index (χ1n) is 5.20. The predicted molar refractivity (Wildman–Crippen MR) is 67.5 cm³/mol. The molecule has 0 aliphatic heterocycles. The summed E-state index contributed by atoms with van der Waals surface area (Å²) >= 11 is 0. The summed E-state index contributed by atoms with van der Waals surface area (Å²) in [6, 6.07) is 9.27. The Morgan fingerprint density at radius 1 is 1.24 bits per heavy atom. The van der Waals surface area contributed by atoms with Crippen LogP contribution in [-0.4, -0.2) is 17.1 Å². The average molecular weight is 230 g/mol. The van der Waals surface area contributed by atoms with Gasteiger partial charge in [0.05, 0.1) is 12.8 Å². The Bertz CT molecular complexity index is 507. The number of rotatable bonds is 3. The van der Waals surface area contributed by atoms with E-state index in [4.69, 9.17) is 10.5 Å². The van der Waals surface area contributed by atoms with Gasteiger partial charge in [0.1, 0.15) is 11.6 Å². The molecule has 0 spiro atoms. The number of anilines is 3. The van der Waals surface area contributed by atoms with Crippen LogP contribution in [0.3, 0.4) is 0 Å². The van der Waals surface area contributed by atoms with E-state index >= 15 is 0 Å². The molecule has 0 bridgehead atoms. The molecule has 1 aromatic heterocycles. The van der Waals surface area contributed by atoms with Gasteiger partial charge in [-0.1, -0.05) is 12.1 Å². The van der Waals surface area contributed by atoms with Gasteiger partial charge in [-0.05, 0) is 19.1 Å². The third-order valence-electron chi connectivity index (χ3n) is 2.23. The summed E-state index contributed by atoms with van der Waals surface area (Å²) in [5.41, 5.74) is 7.28. The van der Waals surface area contributed by atoms with Gasteiger partial charge in [-0.2, -0.15) is 4.98 Å². The summed E-state index contributed by atoms with van der Waals surface area (Å²) < 4.78 is 5.23. The molecule has 1 heterocycles. The van der Waals surface area contributed by atoms with Crippen molar-refractivity contribution in [1.29, 1.82) is 0 Å². The molecule has 0 atom stereocenters. The molecule has 1 aromatic carbocycles. The van der Waals surface area contributed by atoms with Gasteiger partial charge in [-0.15, -0.1) is 0 Å². The Labute approximate surface area is 99.7 Å². The van der Waals surface area contributed by atoms with Crippen molar-refractivity contribution in [2.75, 3.05) is 18.2 Å². The van der Waals surface area contributed by atoms with Crippen LogP contribution in [0.5, 0.6) is 5.75 Å². The van der Waals surface area contributed by atoms with E-state index in [2.05, 4.69) is 15.3 Å². The van der Waals surface area contributed by atoms with Gasteiger partial charge in [0.2, 0.25) is 5.95 Å². The number of methoxy groups -OCH3 is 1. The first kappa shape index (κ1) is 11.2. The molecule has 2 rings (SSSR count). The zero-order valence-corrected chi connectivity index (χ0v) is 9.77. The molecule has 0 aliphatic carbocycles. The fraction of sp³-hybridized carbons (Fsp3) is 0.167. The maximum absolute atomic E-state index is 5.66. The number of nitrogens with zero attached hydrogens (tertiary/aromatic N) is 2. The van der Waals surface area contributed by atoms with E-state index in [0.29, 0.717) is 11.8 Å². The lowest BCUT2D eigenvalue weighted by Gasteiger charge is -2.10. The van der Waals surface area contributed by atoms with E-state index in [0.717, 1.165) is 17.1 Å². The summed E-state index contributed by atoms with van der Waals surface area (Å²) in [6.45, 7) is 1.87. The topological polar surface area (TPSA) is 73.1 Å². The molecule has 2 aromatic rings. The number of nitrogen functional groups attached to an aromatic ring is 1. The molecule has 5 nitrogen and oxygen atoms in total. The van der Waals surface area contributed by atoms with Gasteiger partial charge in [0, 0.05) is 11.8 Å². The summed E-state index contributed by atoms with van der Waals surface area (Å²) in [5.74, 6) is 1.64. The largest absolute Gasteiger partial charge is 0.495 e. The second kappa shape index (κ2) is 4.69. The smallest absolute Gasteiger partial charge is 0.229 e. The number of nitrogens with one attached hydrogen (secondary N) is 1. The number of nitrogens with two attached hydrogens (primary N) is 1. The van der Waals surface area contributed by atoms with Gasteiger partial charge in [0.15, 0.2) is 0 Å². The highest BCUT2D eigenvalue weighted by Gasteiger charge is 2.04.